The highest BCUT2D eigenvalue weighted by Crippen LogP contribution is 2.18. The predicted molar refractivity (Wildman–Crippen MR) is 89.4 cm³/mol. The summed E-state index contributed by atoms with van der Waals surface area (Å²) >= 11 is 5.91. The molecule has 4 heteroatoms. The van der Waals surface area contributed by atoms with Crippen molar-refractivity contribution in [2.24, 2.45) is 0 Å². The van der Waals surface area contributed by atoms with Crippen LogP contribution in [0.25, 0.3) is 0 Å². The molecule has 0 fully saturated rings. The Kier molecular flexibility index (Phi) is 5.23. The van der Waals surface area contributed by atoms with E-state index >= 15 is 0 Å². The molecule has 0 saturated heterocycles. The predicted octanol–water partition coefficient (Wildman–Crippen LogP) is 4.44. The van der Waals surface area contributed by atoms with Gasteiger partial charge in [-0.05, 0) is 56.3 Å². The van der Waals surface area contributed by atoms with Crippen LogP contribution < -0.4 is 10.2 Å². The fourth-order valence-corrected chi connectivity index (χ4v) is 2.37. The Morgan fingerprint density at radius 3 is 2.33 bits per heavy atom. The summed E-state index contributed by atoms with van der Waals surface area (Å²) in [6.07, 6.45) is 0. The molecule has 110 valence electrons. The summed E-state index contributed by atoms with van der Waals surface area (Å²) in [5, 5.41) is 3.44. The molecule has 0 aliphatic carbocycles. The topological polar surface area (TPSA) is 32.3 Å². The Hall–Kier alpha value is -2.00. The van der Waals surface area contributed by atoms with E-state index in [2.05, 4.69) is 24.1 Å². The Morgan fingerprint density at radius 1 is 1.10 bits per heavy atom. The molecule has 0 bridgehead atoms. The minimum absolute atomic E-state index is 0.136. The standard InChI is InChI=1S/C17H19ClN2O/c1-3-20(4-2)16-10-8-13(9-11-16)17(21)19-15-7-5-6-14(18)12-15/h5-12H,3-4H2,1-2H3,(H,19,21). The Bertz CT molecular complexity index is 606. The molecule has 2 aromatic rings. The average Bonchev–Trinajstić information content (AvgIpc) is 2.49. The van der Waals surface area contributed by atoms with Gasteiger partial charge in [0.05, 0.1) is 0 Å². The summed E-state index contributed by atoms with van der Waals surface area (Å²) in [7, 11) is 0. The molecular formula is C17H19ClN2O. The average molecular weight is 303 g/mol. The van der Waals surface area contributed by atoms with Gasteiger partial charge < -0.3 is 10.2 Å². The molecule has 2 aromatic carbocycles. The van der Waals surface area contributed by atoms with E-state index in [-0.39, 0.29) is 5.91 Å². The van der Waals surface area contributed by atoms with E-state index < -0.39 is 0 Å². The van der Waals surface area contributed by atoms with Crippen LogP contribution in [0.1, 0.15) is 24.2 Å². The number of hydrogen-bond donors (Lipinski definition) is 1. The number of nitrogens with one attached hydrogen (secondary N) is 1. The van der Waals surface area contributed by atoms with E-state index in [0.29, 0.717) is 16.3 Å². The minimum atomic E-state index is -0.136. The summed E-state index contributed by atoms with van der Waals surface area (Å²) in [4.78, 5) is 14.4. The number of anilines is 2. The third-order valence-corrected chi connectivity index (χ3v) is 3.58. The number of rotatable bonds is 5. The molecule has 0 aromatic heterocycles. The highest BCUT2D eigenvalue weighted by molar-refractivity contribution is 6.30. The van der Waals surface area contributed by atoms with E-state index in [4.69, 9.17) is 11.6 Å². The number of nitrogens with zero attached hydrogens (tertiary/aromatic N) is 1. The highest BCUT2D eigenvalue weighted by Gasteiger charge is 2.08. The third-order valence-electron chi connectivity index (χ3n) is 3.34. The maximum absolute atomic E-state index is 12.2. The van der Waals surface area contributed by atoms with Gasteiger partial charge in [0.1, 0.15) is 0 Å². The van der Waals surface area contributed by atoms with Gasteiger partial charge in [0.2, 0.25) is 0 Å². The lowest BCUT2D eigenvalue weighted by Crippen LogP contribution is -2.21. The third kappa shape index (κ3) is 3.99. The molecule has 0 atom stereocenters. The van der Waals surface area contributed by atoms with E-state index in [0.717, 1.165) is 18.8 Å². The SMILES string of the molecule is CCN(CC)c1ccc(C(=O)Nc2cccc(Cl)c2)cc1. The Labute approximate surface area is 130 Å². The fourth-order valence-electron chi connectivity index (χ4n) is 2.18. The lowest BCUT2D eigenvalue weighted by Gasteiger charge is -2.21. The quantitative estimate of drug-likeness (QED) is 0.885. The van der Waals surface area contributed by atoms with Crippen LogP contribution in [0.5, 0.6) is 0 Å². The van der Waals surface area contributed by atoms with Crippen LogP contribution in [-0.2, 0) is 0 Å². The first-order valence-corrected chi connectivity index (χ1v) is 7.43. The lowest BCUT2D eigenvalue weighted by molar-refractivity contribution is 0.102. The number of carbonyl (C=O) groups is 1. The molecular weight excluding hydrogens is 284 g/mol. The minimum Gasteiger partial charge on any atom is -0.372 e. The van der Waals surface area contributed by atoms with Gasteiger partial charge in [0, 0.05) is 35.1 Å². The lowest BCUT2D eigenvalue weighted by atomic mass is 10.1. The summed E-state index contributed by atoms with van der Waals surface area (Å²) in [5.41, 5.74) is 2.45. The zero-order valence-corrected chi connectivity index (χ0v) is 13.0. The van der Waals surface area contributed by atoms with Crippen LogP contribution in [-0.4, -0.2) is 19.0 Å². The number of halogens is 1. The van der Waals surface area contributed by atoms with Gasteiger partial charge >= 0.3 is 0 Å². The van der Waals surface area contributed by atoms with E-state index in [1.807, 2.05) is 30.3 Å². The molecule has 0 spiro atoms. The van der Waals surface area contributed by atoms with Crippen LogP contribution in [0.15, 0.2) is 48.5 Å². The number of amides is 1. The second-order valence-electron chi connectivity index (χ2n) is 4.68. The largest absolute Gasteiger partial charge is 0.372 e. The van der Waals surface area contributed by atoms with Crippen molar-refractivity contribution >= 4 is 28.9 Å². The van der Waals surface area contributed by atoms with Crippen LogP contribution in [0.4, 0.5) is 11.4 Å². The van der Waals surface area contributed by atoms with Crippen molar-refractivity contribution in [1.29, 1.82) is 0 Å². The van der Waals surface area contributed by atoms with Crippen molar-refractivity contribution in [3.05, 3.63) is 59.1 Å². The first kappa shape index (κ1) is 15.4. The van der Waals surface area contributed by atoms with E-state index in [9.17, 15) is 4.79 Å². The number of hydrogen-bond acceptors (Lipinski definition) is 2. The number of benzene rings is 2. The fraction of sp³-hybridized carbons (Fsp3) is 0.235. The van der Waals surface area contributed by atoms with Crippen molar-refractivity contribution in [3.63, 3.8) is 0 Å². The molecule has 3 nitrogen and oxygen atoms in total. The van der Waals surface area contributed by atoms with Crippen molar-refractivity contribution in [2.45, 2.75) is 13.8 Å². The second kappa shape index (κ2) is 7.14. The van der Waals surface area contributed by atoms with Crippen molar-refractivity contribution in [2.75, 3.05) is 23.3 Å². The van der Waals surface area contributed by atoms with Gasteiger partial charge in [-0.1, -0.05) is 17.7 Å². The summed E-state index contributed by atoms with van der Waals surface area (Å²) in [6.45, 7) is 6.13. The summed E-state index contributed by atoms with van der Waals surface area (Å²) in [6, 6.07) is 14.7. The summed E-state index contributed by atoms with van der Waals surface area (Å²) in [5.74, 6) is -0.136. The zero-order chi connectivity index (χ0) is 15.2. The van der Waals surface area contributed by atoms with E-state index in [1.165, 1.54) is 0 Å². The Morgan fingerprint density at radius 2 is 1.76 bits per heavy atom. The van der Waals surface area contributed by atoms with Crippen molar-refractivity contribution < 1.29 is 4.79 Å². The summed E-state index contributed by atoms with van der Waals surface area (Å²) < 4.78 is 0. The molecule has 0 aliphatic rings. The van der Waals surface area contributed by atoms with Gasteiger partial charge in [0.15, 0.2) is 0 Å². The van der Waals surface area contributed by atoms with Crippen LogP contribution in [0.3, 0.4) is 0 Å². The second-order valence-corrected chi connectivity index (χ2v) is 5.12. The monoisotopic (exact) mass is 302 g/mol. The molecule has 0 heterocycles. The van der Waals surface area contributed by atoms with Gasteiger partial charge in [-0.15, -0.1) is 0 Å². The number of carbonyl (C=O) groups excluding carboxylic acids is 1. The Balaban J connectivity index is 2.09. The van der Waals surface area contributed by atoms with E-state index in [1.54, 1.807) is 18.2 Å². The van der Waals surface area contributed by atoms with Crippen LogP contribution in [0.2, 0.25) is 5.02 Å². The molecule has 1 N–H and O–H groups in total. The molecule has 0 radical (unpaired) electrons. The molecule has 2 rings (SSSR count). The van der Waals surface area contributed by atoms with Crippen molar-refractivity contribution in [3.8, 4) is 0 Å². The van der Waals surface area contributed by atoms with Crippen molar-refractivity contribution in [1.82, 2.24) is 0 Å². The van der Waals surface area contributed by atoms with Gasteiger partial charge in [-0.25, -0.2) is 0 Å². The van der Waals surface area contributed by atoms with Gasteiger partial charge in [-0.2, -0.15) is 0 Å². The van der Waals surface area contributed by atoms with Crippen LogP contribution >= 0.6 is 11.6 Å². The molecule has 0 aliphatic heterocycles. The van der Waals surface area contributed by atoms with Gasteiger partial charge in [0.25, 0.3) is 5.91 Å². The molecule has 0 saturated carbocycles. The maximum Gasteiger partial charge on any atom is 0.255 e. The highest BCUT2D eigenvalue weighted by atomic mass is 35.5. The smallest absolute Gasteiger partial charge is 0.255 e. The molecule has 0 unspecified atom stereocenters. The maximum atomic E-state index is 12.2. The normalized spacial score (nSPS) is 10.2. The first-order chi connectivity index (χ1) is 10.1. The van der Waals surface area contributed by atoms with Gasteiger partial charge in [-0.3, -0.25) is 4.79 Å². The molecule has 21 heavy (non-hydrogen) atoms. The molecule has 1 amide bonds. The first-order valence-electron chi connectivity index (χ1n) is 7.06. The zero-order valence-electron chi connectivity index (χ0n) is 12.3. The van der Waals surface area contributed by atoms with Crippen LogP contribution in [0, 0.1) is 0 Å².